The number of rotatable bonds is 8. The fourth-order valence-corrected chi connectivity index (χ4v) is 7.92. The number of alkyl carbamates (subject to hydrolysis) is 1. The van der Waals surface area contributed by atoms with Gasteiger partial charge in [-0.1, -0.05) is 54.6 Å². The Labute approximate surface area is 184 Å². The van der Waals surface area contributed by atoms with Gasteiger partial charge in [-0.15, -0.1) is 0 Å². The Bertz CT molecular complexity index is 763. The number of hydrogen-bond donors (Lipinski definition) is 1. The molecular weight excluding hydrogens is 445 g/mol. The van der Waals surface area contributed by atoms with Crippen LogP contribution in [0.5, 0.6) is 0 Å². The normalized spacial score (nSPS) is 10.7. The van der Waals surface area contributed by atoms with Crippen LogP contribution in [0.4, 0.5) is 4.79 Å². The Kier molecular flexibility index (Phi) is 9.37. The summed E-state index contributed by atoms with van der Waals surface area (Å²) in [6.07, 6.45) is 1.52. The van der Waals surface area contributed by atoms with E-state index in [1.54, 1.807) is 0 Å². The van der Waals surface area contributed by atoms with Crippen molar-refractivity contribution in [2.45, 2.75) is 13.3 Å². The number of carbonyl (C=O) groups excluding carboxylic acids is 1. The van der Waals surface area contributed by atoms with Gasteiger partial charge < -0.3 is 27.0 Å². The highest BCUT2D eigenvalue weighted by Gasteiger charge is 2.44. The Morgan fingerprint density at radius 1 is 0.793 bits per heavy atom. The molecule has 3 rings (SSSR count). The molecule has 0 saturated carbocycles. The Morgan fingerprint density at radius 2 is 1.21 bits per heavy atom. The van der Waals surface area contributed by atoms with Crippen LogP contribution in [0.25, 0.3) is 0 Å². The van der Waals surface area contributed by atoms with E-state index >= 15 is 0 Å². The second-order valence-corrected chi connectivity index (χ2v) is 10.2. The predicted molar refractivity (Wildman–Crippen MR) is 120 cm³/mol. The molecule has 29 heavy (non-hydrogen) atoms. The first-order chi connectivity index (χ1) is 13.8. The Balaban J connectivity index is 0.00000300. The summed E-state index contributed by atoms with van der Waals surface area (Å²) in [5, 5.41) is 6.96. The van der Waals surface area contributed by atoms with E-state index in [1.807, 2.05) is 6.92 Å². The third-order valence-corrected chi connectivity index (χ3v) is 9.33. The molecule has 0 unspecified atom stereocenters. The second kappa shape index (κ2) is 11.7. The molecule has 152 valence electrons. The molecule has 3 aromatic carbocycles. The van der Waals surface area contributed by atoms with E-state index in [4.69, 9.17) is 4.74 Å². The molecule has 0 heterocycles. The van der Waals surface area contributed by atoms with E-state index in [1.165, 1.54) is 15.9 Å². The first-order valence-corrected chi connectivity index (χ1v) is 11.7. The summed E-state index contributed by atoms with van der Waals surface area (Å²) in [4.78, 5) is 11.7. The molecule has 0 aliphatic carbocycles. The SMILES string of the molecule is CCOC(=O)NCCC[P+](c1ccccc1)(c1ccccc1)c1ccccc1.[Br-]. The molecule has 0 fully saturated rings. The third kappa shape index (κ3) is 5.68. The monoisotopic (exact) mass is 471 g/mol. The van der Waals surface area contributed by atoms with E-state index in [9.17, 15) is 4.79 Å². The van der Waals surface area contributed by atoms with E-state index in [-0.39, 0.29) is 23.1 Å². The molecule has 3 nitrogen and oxygen atoms in total. The van der Waals surface area contributed by atoms with E-state index in [0.717, 1.165) is 12.6 Å². The lowest BCUT2D eigenvalue weighted by atomic mass is 10.3. The van der Waals surface area contributed by atoms with Gasteiger partial charge in [0.05, 0.1) is 12.8 Å². The first-order valence-electron chi connectivity index (χ1n) is 9.73. The van der Waals surface area contributed by atoms with E-state index in [0.29, 0.717) is 13.2 Å². The maximum absolute atomic E-state index is 11.7. The molecule has 0 aliphatic rings. The molecule has 5 heteroatoms. The number of carbonyl (C=O) groups is 1. The van der Waals surface area contributed by atoms with Gasteiger partial charge >= 0.3 is 6.09 Å². The number of nitrogens with one attached hydrogen (secondary N) is 1. The van der Waals surface area contributed by atoms with Crippen LogP contribution in [0.3, 0.4) is 0 Å². The van der Waals surface area contributed by atoms with Crippen molar-refractivity contribution < 1.29 is 26.5 Å². The molecule has 1 amide bonds. The van der Waals surface area contributed by atoms with Crippen molar-refractivity contribution in [1.29, 1.82) is 0 Å². The predicted octanol–water partition coefficient (Wildman–Crippen LogP) is 1.12. The summed E-state index contributed by atoms with van der Waals surface area (Å²) >= 11 is 0. The highest BCUT2D eigenvalue weighted by Crippen LogP contribution is 2.55. The van der Waals surface area contributed by atoms with Crippen molar-refractivity contribution in [2.24, 2.45) is 0 Å². The van der Waals surface area contributed by atoms with Crippen LogP contribution in [0.15, 0.2) is 91.0 Å². The molecule has 0 saturated heterocycles. The third-order valence-electron chi connectivity index (χ3n) is 4.81. The summed E-state index contributed by atoms with van der Waals surface area (Å²) in [5.74, 6) is 0. The fraction of sp³-hybridized carbons (Fsp3) is 0.208. The Hall–Kier alpha value is -2.16. The zero-order chi connectivity index (χ0) is 19.7. The zero-order valence-electron chi connectivity index (χ0n) is 16.6. The summed E-state index contributed by atoms with van der Waals surface area (Å²) in [6.45, 7) is 2.81. The van der Waals surface area contributed by atoms with Gasteiger partial charge in [0, 0.05) is 6.54 Å². The highest BCUT2D eigenvalue weighted by molar-refractivity contribution is 7.95. The lowest BCUT2D eigenvalue weighted by Gasteiger charge is -2.27. The van der Waals surface area contributed by atoms with Crippen LogP contribution in [-0.2, 0) is 4.74 Å². The highest BCUT2D eigenvalue weighted by atomic mass is 79.9. The summed E-state index contributed by atoms with van der Waals surface area (Å²) in [5.41, 5.74) is 0. The molecule has 0 bridgehead atoms. The molecule has 0 radical (unpaired) electrons. The van der Waals surface area contributed by atoms with Crippen molar-refractivity contribution >= 4 is 29.3 Å². The molecule has 0 aromatic heterocycles. The minimum Gasteiger partial charge on any atom is -1.00 e. The molecule has 0 atom stereocenters. The number of ether oxygens (including phenoxy) is 1. The average Bonchev–Trinajstić information content (AvgIpc) is 2.76. The first kappa shape index (κ1) is 23.1. The summed E-state index contributed by atoms with van der Waals surface area (Å²) in [6, 6.07) is 32.4. The number of benzene rings is 3. The molecule has 1 N–H and O–H groups in total. The van der Waals surface area contributed by atoms with Gasteiger partial charge in [-0.3, -0.25) is 0 Å². The van der Waals surface area contributed by atoms with Crippen LogP contribution < -0.4 is 38.2 Å². The second-order valence-electron chi connectivity index (χ2n) is 6.54. The van der Waals surface area contributed by atoms with Crippen molar-refractivity contribution in [3.8, 4) is 0 Å². The van der Waals surface area contributed by atoms with Gasteiger partial charge in [0.25, 0.3) is 0 Å². The van der Waals surface area contributed by atoms with Gasteiger partial charge in [0.15, 0.2) is 0 Å². The molecule has 0 aliphatic heterocycles. The van der Waals surface area contributed by atoms with Gasteiger partial charge in [-0.25, -0.2) is 4.79 Å². The number of hydrogen-bond acceptors (Lipinski definition) is 2. The van der Waals surface area contributed by atoms with Gasteiger partial charge in [0.1, 0.15) is 23.2 Å². The molecule has 0 spiro atoms. The lowest BCUT2D eigenvalue weighted by Crippen LogP contribution is -3.00. The van der Waals surface area contributed by atoms with Crippen LogP contribution in [-0.4, -0.2) is 25.4 Å². The van der Waals surface area contributed by atoms with Crippen molar-refractivity contribution in [3.63, 3.8) is 0 Å². The topological polar surface area (TPSA) is 38.3 Å². The fourth-order valence-electron chi connectivity index (χ4n) is 3.57. The maximum Gasteiger partial charge on any atom is 0.407 e. The van der Waals surface area contributed by atoms with Crippen LogP contribution in [0.2, 0.25) is 0 Å². The van der Waals surface area contributed by atoms with Gasteiger partial charge in [-0.05, 0) is 49.7 Å². The van der Waals surface area contributed by atoms with Crippen molar-refractivity contribution in [2.75, 3.05) is 19.3 Å². The summed E-state index contributed by atoms with van der Waals surface area (Å²) in [7, 11) is -1.82. The minimum atomic E-state index is -1.82. The van der Waals surface area contributed by atoms with Crippen LogP contribution in [0, 0.1) is 0 Å². The zero-order valence-corrected chi connectivity index (χ0v) is 19.1. The summed E-state index contributed by atoms with van der Waals surface area (Å²) < 4.78 is 4.99. The van der Waals surface area contributed by atoms with Gasteiger partial charge in [-0.2, -0.15) is 0 Å². The maximum atomic E-state index is 11.7. The average molecular weight is 472 g/mol. The largest absolute Gasteiger partial charge is 1.00 e. The van der Waals surface area contributed by atoms with Crippen LogP contribution in [0.1, 0.15) is 13.3 Å². The van der Waals surface area contributed by atoms with Crippen molar-refractivity contribution in [1.82, 2.24) is 5.32 Å². The Morgan fingerprint density at radius 3 is 1.59 bits per heavy atom. The molecule has 3 aromatic rings. The lowest BCUT2D eigenvalue weighted by molar-refractivity contribution is -0.0000118. The standard InChI is InChI=1S/C24H26NO2P.BrH/c1-2-27-24(26)25-19-12-20-28(21-13-6-3-7-14-21,22-15-8-4-9-16-22)23-17-10-5-11-18-23;/h3-11,13-18H,2,12,19-20H2,1H3;1H. The van der Waals surface area contributed by atoms with Crippen molar-refractivity contribution in [3.05, 3.63) is 91.0 Å². The van der Waals surface area contributed by atoms with E-state index < -0.39 is 7.26 Å². The van der Waals surface area contributed by atoms with Gasteiger partial charge in [0.2, 0.25) is 0 Å². The number of halogens is 1. The number of amides is 1. The quantitative estimate of drug-likeness (QED) is 0.395. The molecular formula is C24H27BrNO2P. The smallest absolute Gasteiger partial charge is 0.407 e. The van der Waals surface area contributed by atoms with E-state index in [2.05, 4.69) is 96.3 Å². The minimum absolute atomic E-state index is 0. The van der Waals surface area contributed by atoms with Crippen LogP contribution >= 0.6 is 7.26 Å².